The van der Waals surface area contributed by atoms with Crippen molar-refractivity contribution < 1.29 is 43.1 Å². The zero-order valence-corrected chi connectivity index (χ0v) is 18.9. The van der Waals surface area contributed by atoms with Gasteiger partial charge in [-0.05, 0) is 12.8 Å². The summed E-state index contributed by atoms with van der Waals surface area (Å²) in [6, 6.07) is -1.27. The number of aliphatic hydroxyl groups excluding tert-OH is 3. The number of aliphatic hydroxyl groups is 3. The summed E-state index contributed by atoms with van der Waals surface area (Å²) in [6.45, 7) is 3.30. The molecule has 10 nitrogen and oxygen atoms in total. The number of carbonyl (C=O) groups is 1. The SMILES string of the molecule is CC/C=C/C(O)C(=O)N[C@@H](COP(=O)([O-])OCC[N+](C)(C)C)[C@H](O)[C@H](O)CCC. The molecule has 0 spiro atoms. The molecule has 29 heavy (non-hydrogen) atoms. The minimum absolute atomic E-state index is 0.0944. The van der Waals surface area contributed by atoms with E-state index in [2.05, 4.69) is 5.32 Å². The third kappa shape index (κ3) is 13.1. The predicted octanol–water partition coefficient (Wildman–Crippen LogP) is -0.472. The van der Waals surface area contributed by atoms with Crippen LogP contribution in [0.25, 0.3) is 0 Å². The van der Waals surface area contributed by atoms with E-state index in [1.807, 2.05) is 28.1 Å². The Labute approximate surface area is 173 Å². The van der Waals surface area contributed by atoms with Gasteiger partial charge in [-0.25, -0.2) is 0 Å². The molecule has 172 valence electrons. The maximum atomic E-state index is 12.1. The van der Waals surface area contributed by atoms with Gasteiger partial charge in [-0.1, -0.05) is 32.4 Å². The van der Waals surface area contributed by atoms with Gasteiger partial charge in [-0.3, -0.25) is 9.36 Å². The van der Waals surface area contributed by atoms with Gasteiger partial charge in [0.05, 0.1) is 39.9 Å². The van der Waals surface area contributed by atoms with E-state index in [-0.39, 0.29) is 13.0 Å². The standard InChI is InChI=1S/C18H37N2O8P/c1-6-8-10-16(22)18(24)19-14(17(23)15(21)9-7-2)13-28-29(25,26)27-12-11-20(3,4)5/h8,10,14-17,21-23H,6-7,9,11-13H2,1-5H3,(H-,19,24,25,26)/b10-8+/t14-,15+,16?,17-/m0/s1. The monoisotopic (exact) mass is 440 g/mol. The lowest BCUT2D eigenvalue weighted by molar-refractivity contribution is -0.870. The van der Waals surface area contributed by atoms with Gasteiger partial charge < -0.3 is 39.1 Å². The van der Waals surface area contributed by atoms with Crippen molar-refractivity contribution in [2.45, 2.75) is 57.5 Å². The number of likely N-dealkylation sites (N-methyl/N-ethyl adjacent to an activating group) is 1. The number of phosphoric ester groups is 1. The van der Waals surface area contributed by atoms with Crippen LogP contribution in [0.2, 0.25) is 0 Å². The van der Waals surface area contributed by atoms with Crippen molar-refractivity contribution >= 4 is 13.7 Å². The molecule has 0 fully saturated rings. The van der Waals surface area contributed by atoms with E-state index in [4.69, 9.17) is 9.05 Å². The van der Waals surface area contributed by atoms with Crippen LogP contribution < -0.4 is 10.2 Å². The first-order valence-corrected chi connectivity index (χ1v) is 11.2. The molecule has 0 aliphatic heterocycles. The van der Waals surface area contributed by atoms with Crippen molar-refractivity contribution in [1.29, 1.82) is 0 Å². The first-order valence-electron chi connectivity index (χ1n) is 9.74. The third-order valence-corrected chi connectivity index (χ3v) is 4.93. The van der Waals surface area contributed by atoms with Gasteiger partial charge in [0, 0.05) is 0 Å². The van der Waals surface area contributed by atoms with Crippen LogP contribution in [0.5, 0.6) is 0 Å². The molecule has 0 radical (unpaired) electrons. The highest BCUT2D eigenvalue weighted by atomic mass is 31.2. The van der Waals surface area contributed by atoms with Gasteiger partial charge >= 0.3 is 0 Å². The molecule has 0 aromatic rings. The zero-order chi connectivity index (χ0) is 22.7. The highest BCUT2D eigenvalue weighted by Gasteiger charge is 2.30. The summed E-state index contributed by atoms with van der Waals surface area (Å²) in [5.74, 6) is -0.849. The van der Waals surface area contributed by atoms with Crippen molar-refractivity contribution in [2.24, 2.45) is 0 Å². The van der Waals surface area contributed by atoms with Gasteiger partial charge in [0.2, 0.25) is 0 Å². The van der Waals surface area contributed by atoms with E-state index in [1.54, 1.807) is 13.0 Å². The summed E-state index contributed by atoms with van der Waals surface area (Å²) in [7, 11) is 0.928. The number of nitrogens with zero attached hydrogens (tertiary/aromatic N) is 1. The normalized spacial score (nSPS) is 18.8. The zero-order valence-electron chi connectivity index (χ0n) is 18.0. The van der Waals surface area contributed by atoms with Gasteiger partial charge in [-0.15, -0.1) is 0 Å². The Morgan fingerprint density at radius 2 is 1.83 bits per heavy atom. The first kappa shape index (κ1) is 28.2. The van der Waals surface area contributed by atoms with Crippen LogP contribution in [-0.4, -0.2) is 91.0 Å². The Hall–Kier alpha value is -0.840. The fourth-order valence-corrected chi connectivity index (χ4v) is 2.94. The topological polar surface area (TPSA) is 148 Å². The average molecular weight is 440 g/mol. The molecule has 0 rings (SSSR count). The fourth-order valence-electron chi connectivity index (χ4n) is 2.22. The molecule has 0 heterocycles. The minimum Gasteiger partial charge on any atom is -0.756 e. The maximum Gasteiger partial charge on any atom is 0.268 e. The highest BCUT2D eigenvalue weighted by molar-refractivity contribution is 7.45. The molecule has 5 atom stereocenters. The van der Waals surface area contributed by atoms with E-state index < -0.39 is 44.7 Å². The molecule has 0 aromatic carbocycles. The molecular weight excluding hydrogens is 403 g/mol. The Morgan fingerprint density at radius 3 is 2.34 bits per heavy atom. The van der Waals surface area contributed by atoms with Gasteiger partial charge in [-0.2, -0.15) is 0 Å². The van der Waals surface area contributed by atoms with Crippen LogP contribution in [-0.2, 0) is 18.4 Å². The fraction of sp³-hybridized carbons (Fsp3) is 0.833. The number of phosphoric acid groups is 1. The van der Waals surface area contributed by atoms with Crippen LogP contribution >= 0.6 is 7.82 Å². The molecule has 0 bridgehead atoms. The summed E-state index contributed by atoms with van der Waals surface area (Å²) < 4.78 is 22.0. The molecule has 4 N–H and O–H groups in total. The smallest absolute Gasteiger partial charge is 0.268 e. The second-order valence-corrected chi connectivity index (χ2v) is 9.24. The van der Waals surface area contributed by atoms with Crippen molar-refractivity contribution in [3.05, 3.63) is 12.2 Å². The van der Waals surface area contributed by atoms with E-state index in [9.17, 15) is 29.6 Å². The van der Waals surface area contributed by atoms with E-state index >= 15 is 0 Å². The molecule has 0 aromatic heterocycles. The van der Waals surface area contributed by atoms with Crippen molar-refractivity contribution in [2.75, 3.05) is 40.9 Å². The van der Waals surface area contributed by atoms with Gasteiger partial charge in [0.1, 0.15) is 19.3 Å². The molecule has 0 aliphatic rings. The van der Waals surface area contributed by atoms with Crippen molar-refractivity contribution in [3.8, 4) is 0 Å². The first-order chi connectivity index (χ1) is 13.3. The highest BCUT2D eigenvalue weighted by Crippen LogP contribution is 2.38. The quantitative estimate of drug-likeness (QED) is 0.152. The largest absolute Gasteiger partial charge is 0.756 e. The molecule has 0 saturated carbocycles. The lowest BCUT2D eigenvalue weighted by Crippen LogP contribution is -2.53. The Kier molecular flexibility index (Phi) is 13.1. The van der Waals surface area contributed by atoms with Gasteiger partial charge in [0.15, 0.2) is 6.10 Å². The number of quaternary nitrogens is 1. The number of rotatable bonds is 15. The number of amides is 1. The number of carbonyl (C=O) groups excluding carboxylic acids is 1. The van der Waals surface area contributed by atoms with Crippen molar-refractivity contribution in [3.63, 3.8) is 0 Å². The third-order valence-electron chi connectivity index (χ3n) is 3.96. The van der Waals surface area contributed by atoms with Crippen LogP contribution in [0.1, 0.15) is 33.1 Å². The summed E-state index contributed by atoms with van der Waals surface area (Å²) in [6.07, 6.45) is 0.0951. The van der Waals surface area contributed by atoms with Crippen LogP contribution in [0.3, 0.4) is 0 Å². The van der Waals surface area contributed by atoms with Gasteiger partial charge in [0.25, 0.3) is 13.7 Å². The number of hydrogen-bond donors (Lipinski definition) is 4. The van der Waals surface area contributed by atoms with Crippen LogP contribution in [0.4, 0.5) is 0 Å². The number of nitrogens with one attached hydrogen (secondary N) is 1. The number of allylic oxidation sites excluding steroid dienone is 1. The summed E-state index contributed by atoms with van der Waals surface area (Å²) >= 11 is 0. The molecule has 1 amide bonds. The molecule has 2 unspecified atom stereocenters. The summed E-state index contributed by atoms with van der Waals surface area (Å²) in [5.41, 5.74) is 0. The molecule has 0 aliphatic carbocycles. The molecule has 0 saturated heterocycles. The lowest BCUT2D eigenvalue weighted by Gasteiger charge is -2.31. The van der Waals surface area contributed by atoms with E-state index in [1.165, 1.54) is 6.08 Å². The Bertz CT molecular complexity index is 552. The number of hydrogen-bond acceptors (Lipinski definition) is 8. The van der Waals surface area contributed by atoms with E-state index in [0.29, 0.717) is 23.9 Å². The summed E-state index contributed by atoms with van der Waals surface area (Å²) in [5, 5.41) is 32.5. The molecule has 11 heteroatoms. The minimum atomic E-state index is -4.68. The van der Waals surface area contributed by atoms with Crippen LogP contribution in [0.15, 0.2) is 12.2 Å². The summed E-state index contributed by atoms with van der Waals surface area (Å²) in [4.78, 5) is 24.1. The van der Waals surface area contributed by atoms with E-state index in [0.717, 1.165) is 0 Å². The molecular formula is C18H37N2O8P. The Balaban J connectivity index is 5.03. The predicted molar refractivity (Wildman–Crippen MR) is 107 cm³/mol. The maximum absolute atomic E-state index is 12.1. The second-order valence-electron chi connectivity index (χ2n) is 7.83. The van der Waals surface area contributed by atoms with Crippen LogP contribution in [0, 0.1) is 0 Å². The Morgan fingerprint density at radius 1 is 1.21 bits per heavy atom. The second kappa shape index (κ2) is 13.5. The average Bonchev–Trinajstić information content (AvgIpc) is 2.61. The van der Waals surface area contributed by atoms with Crippen molar-refractivity contribution in [1.82, 2.24) is 5.32 Å². The lowest BCUT2D eigenvalue weighted by atomic mass is 10.0.